The van der Waals surface area contributed by atoms with Crippen molar-refractivity contribution in [2.45, 2.75) is 77.0 Å². The molecule has 0 bridgehead atoms. The Balaban J connectivity index is 4.80. The molecule has 52 heavy (non-hydrogen) atoms. The van der Waals surface area contributed by atoms with Gasteiger partial charge in [0.25, 0.3) is 0 Å². The standard InChI is InChI=1S/C38H92N14/c39-13-7-23-49(24-8-14-40)29-9-25-47(26-10-30-50(33-15-41)34-16-42)21-5-3-1-2-4-6-22-48(27-11-31-51(35-17-43)36-18-44)28-12-32-52(37-19-45)38-20-46/h1-46H2. The van der Waals surface area contributed by atoms with Gasteiger partial charge in [-0.1, -0.05) is 25.7 Å². The van der Waals surface area contributed by atoms with Crippen LogP contribution in [0, 0.1) is 0 Å². The molecule has 0 heterocycles. The van der Waals surface area contributed by atoms with E-state index in [0.29, 0.717) is 39.3 Å². The van der Waals surface area contributed by atoms with Crippen LogP contribution in [0.15, 0.2) is 0 Å². The lowest BCUT2D eigenvalue weighted by Crippen LogP contribution is -2.38. The van der Waals surface area contributed by atoms with Crippen LogP contribution in [0.4, 0.5) is 0 Å². The smallest absolute Gasteiger partial charge is 0.0105 e. The van der Waals surface area contributed by atoms with E-state index in [0.717, 1.165) is 150 Å². The van der Waals surface area contributed by atoms with Gasteiger partial charge in [0.05, 0.1) is 0 Å². The highest BCUT2D eigenvalue weighted by Crippen LogP contribution is 2.10. The monoisotopic (exact) mass is 745 g/mol. The zero-order valence-corrected chi connectivity index (χ0v) is 34.2. The molecular formula is C38H92N14. The van der Waals surface area contributed by atoms with E-state index in [1.807, 2.05) is 0 Å². The molecule has 0 saturated heterocycles. The van der Waals surface area contributed by atoms with Gasteiger partial charge in [-0.15, -0.1) is 0 Å². The van der Waals surface area contributed by atoms with Gasteiger partial charge in [0.15, 0.2) is 0 Å². The van der Waals surface area contributed by atoms with Crippen molar-refractivity contribution in [2.75, 3.05) is 170 Å². The summed E-state index contributed by atoms with van der Waals surface area (Å²) in [5.41, 5.74) is 46.7. The largest absolute Gasteiger partial charge is 0.330 e. The van der Waals surface area contributed by atoms with Crippen molar-refractivity contribution < 1.29 is 0 Å². The molecule has 14 heteroatoms. The van der Waals surface area contributed by atoms with Gasteiger partial charge in [-0.2, -0.15) is 0 Å². The van der Waals surface area contributed by atoms with Gasteiger partial charge in [-0.25, -0.2) is 0 Å². The second kappa shape index (κ2) is 40.1. The molecule has 0 aliphatic heterocycles. The third-order valence-electron chi connectivity index (χ3n) is 10.0. The lowest BCUT2D eigenvalue weighted by atomic mass is 10.1. The molecule has 0 aliphatic carbocycles. The van der Waals surface area contributed by atoms with Crippen LogP contribution in [0.25, 0.3) is 0 Å². The Morgan fingerprint density at radius 2 is 0.327 bits per heavy atom. The molecule has 0 fully saturated rings. The predicted octanol–water partition coefficient (Wildman–Crippen LogP) is -0.851. The number of hydrogen-bond acceptors (Lipinski definition) is 14. The Kier molecular flexibility index (Phi) is 39.7. The normalized spacial score (nSPS) is 12.3. The summed E-state index contributed by atoms with van der Waals surface area (Å²) in [5.74, 6) is 0. The Labute approximate surface area is 322 Å². The average molecular weight is 745 g/mol. The van der Waals surface area contributed by atoms with Crippen LogP contribution in [0.1, 0.15) is 77.0 Å². The average Bonchev–Trinajstić information content (AvgIpc) is 3.13. The molecule has 0 aromatic rings. The van der Waals surface area contributed by atoms with E-state index >= 15 is 0 Å². The van der Waals surface area contributed by atoms with Crippen LogP contribution >= 0.6 is 0 Å². The van der Waals surface area contributed by atoms with E-state index in [1.165, 1.54) is 58.0 Å². The summed E-state index contributed by atoms with van der Waals surface area (Å²) in [6.45, 7) is 24.6. The fourth-order valence-electron chi connectivity index (χ4n) is 7.19. The zero-order chi connectivity index (χ0) is 38.3. The summed E-state index contributed by atoms with van der Waals surface area (Å²) in [6, 6.07) is 0. The number of rotatable bonds is 43. The summed E-state index contributed by atoms with van der Waals surface area (Å²) >= 11 is 0. The van der Waals surface area contributed by atoms with Gasteiger partial charge in [0.1, 0.15) is 0 Å². The maximum absolute atomic E-state index is 5.86. The molecule has 0 spiro atoms. The van der Waals surface area contributed by atoms with E-state index in [9.17, 15) is 0 Å². The fourth-order valence-corrected chi connectivity index (χ4v) is 7.19. The van der Waals surface area contributed by atoms with Gasteiger partial charge >= 0.3 is 0 Å². The van der Waals surface area contributed by atoms with Gasteiger partial charge in [0.2, 0.25) is 0 Å². The quantitative estimate of drug-likeness (QED) is 0.0356. The Morgan fingerprint density at radius 3 is 0.538 bits per heavy atom. The molecule has 0 aromatic carbocycles. The first kappa shape index (κ1) is 51.4. The number of hydrogen-bond donors (Lipinski definition) is 8. The lowest BCUT2D eigenvalue weighted by Gasteiger charge is -2.27. The molecule has 0 unspecified atom stereocenters. The maximum Gasteiger partial charge on any atom is 0.0105 e. The van der Waals surface area contributed by atoms with Crippen LogP contribution < -0.4 is 45.9 Å². The van der Waals surface area contributed by atoms with Gasteiger partial charge in [-0.05, 0) is 143 Å². The maximum atomic E-state index is 5.86. The molecule has 0 aromatic heterocycles. The highest BCUT2D eigenvalue weighted by Gasteiger charge is 2.12. The van der Waals surface area contributed by atoms with E-state index in [4.69, 9.17) is 45.9 Å². The van der Waals surface area contributed by atoms with E-state index in [1.54, 1.807) is 0 Å². The summed E-state index contributed by atoms with van der Waals surface area (Å²) in [5, 5.41) is 0. The number of nitrogens with zero attached hydrogens (tertiary/aromatic N) is 6. The Morgan fingerprint density at radius 1 is 0.154 bits per heavy atom. The molecule has 16 N–H and O–H groups in total. The van der Waals surface area contributed by atoms with E-state index in [-0.39, 0.29) is 0 Å². The van der Waals surface area contributed by atoms with Crippen molar-refractivity contribution in [1.29, 1.82) is 0 Å². The molecule has 0 aliphatic rings. The van der Waals surface area contributed by atoms with Gasteiger partial charge in [-0.3, -0.25) is 0 Å². The summed E-state index contributed by atoms with van der Waals surface area (Å²) in [7, 11) is 0. The van der Waals surface area contributed by atoms with Crippen LogP contribution in [-0.4, -0.2) is 200 Å². The third-order valence-corrected chi connectivity index (χ3v) is 10.0. The highest BCUT2D eigenvalue weighted by molar-refractivity contribution is 4.68. The third kappa shape index (κ3) is 31.8. The van der Waals surface area contributed by atoms with Crippen LogP contribution in [0.2, 0.25) is 0 Å². The summed E-state index contributed by atoms with van der Waals surface area (Å²) < 4.78 is 0. The zero-order valence-electron chi connectivity index (χ0n) is 34.2. The van der Waals surface area contributed by atoms with Crippen molar-refractivity contribution in [3.8, 4) is 0 Å². The molecule has 0 saturated carbocycles. The minimum absolute atomic E-state index is 0.688. The van der Waals surface area contributed by atoms with Crippen LogP contribution in [0.5, 0.6) is 0 Å². The highest BCUT2D eigenvalue weighted by atomic mass is 15.2. The van der Waals surface area contributed by atoms with Gasteiger partial charge < -0.3 is 75.3 Å². The van der Waals surface area contributed by atoms with Crippen molar-refractivity contribution in [3.63, 3.8) is 0 Å². The first-order valence-electron chi connectivity index (χ1n) is 21.5. The Bertz CT molecular complexity index is 646. The molecule has 0 rings (SSSR count). The number of unbranched alkanes of at least 4 members (excludes halogenated alkanes) is 5. The lowest BCUT2D eigenvalue weighted by molar-refractivity contribution is 0.206. The van der Waals surface area contributed by atoms with Crippen LogP contribution in [0.3, 0.4) is 0 Å². The predicted molar refractivity (Wildman–Crippen MR) is 226 cm³/mol. The Hall–Kier alpha value is -0.560. The molecular weight excluding hydrogens is 653 g/mol. The van der Waals surface area contributed by atoms with Crippen molar-refractivity contribution in [2.24, 2.45) is 45.9 Å². The van der Waals surface area contributed by atoms with Crippen LogP contribution in [-0.2, 0) is 0 Å². The second-order valence-corrected chi connectivity index (χ2v) is 14.6. The SMILES string of the molecule is NCCCN(CCCN)CCCN(CCCCCCCCN(CCCN(CCN)CCN)CCCN(CCN)CCN)CCCN(CCN)CCN. The molecule has 314 valence electrons. The topological polar surface area (TPSA) is 228 Å². The summed E-state index contributed by atoms with van der Waals surface area (Å²) in [6.07, 6.45) is 14.6. The molecule has 0 amide bonds. The van der Waals surface area contributed by atoms with E-state index < -0.39 is 0 Å². The van der Waals surface area contributed by atoms with E-state index in [2.05, 4.69) is 29.4 Å². The van der Waals surface area contributed by atoms with Crippen molar-refractivity contribution in [3.05, 3.63) is 0 Å². The summed E-state index contributed by atoms with van der Waals surface area (Å²) in [4.78, 5) is 15.2. The second-order valence-electron chi connectivity index (χ2n) is 14.6. The minimum atomic E-state index is 0.688. The van der Waals surface area contributed by atoms with Gasteiger partial charge in [0, 0.05) is 78.5 Å². The molecule has 0 radical (unpaired) electrons. The number of nitrogens with two attached hydrogens (primary N) is 8. The van der Waals surface area contributed by atoms with Crippen molar-refractivity contribution >= 4 is 0 Å². The fraction of sp³-hybridized carbons (Fsp3) is 1.00. The first-order valence-corrected chi connectivity index (χ1v) is 21.5. The first-order chi connectivity index (χ1) is 25.5. The molecule has 0 atom stereocenters. The molecule has 14 nitrogen and oxygen atoms in total. The minimum Gasteiger partial charge on any atom is -0.330 e. The van der Waals surface area contributed by atoms with Crippen molar-refractivity contribution in [1.82, 2.24) is 29.4 Å².